The Morgan fingerprint density at radius 3 is 2.60 bits per heavy atom. The molecule has 1 N–H and O–H groups in total. The number of thiophene rings is 1. The Balaban J connectivity index is 2.40. The predicted molar refractivity (Wildman–Crippen MR) is 64.0 cm³/mol. The lowest BCUT2D eigenvalue weighted by Crippen LogP contribution is -1.82. The van der Waals surface area contributed by atoms with Crippen molar-refractivity contribution >= 4 is 16.3 Å². The standard InChI is InChI=1S/C12H12FNS/c1-8-7-9(3-4-10(8)13)11-5-6-12(14-2)15-11/h3-7,14H,1-2H3. The maximum Gasteiger partial charge on any atom is 0.126 e. The van der Waals surface area contributed by atoms with Crippen molar-refractivity contribution in [1.82, 2.24) is 0 Å². The minimum Gasteiger partial charge on any atom is -0.380 e. The van der Waals surface area contributed by atoms with Crippen LogP contribution in [0.3, 0.4) is 0 Å². The average molecular weight is 221 g/mol. The van der Waals surface area contributed by atoms with E-state index in [1.54, 1.807) is 18.3 Å². The molecule has 2 rings (SSSR count). The molecule has 0 aliphatic heterocycles. The van der Waals surface area contributed by atoms with Gasteiger partial charge in [0.25, 0.3) is 0 Å². The Morgan fingerprint density at radius 2 is 2.00 bits per heavy atom. The zero-order chi connectivity index (χ0) is 10.8. The van der Waals surface area contributed by atoms with Gasteiger partial charge in [0, 0.05) is 11.9 Å². The first-order valence-corrected chi connectivity index (χ1v) is 5.56. The molecule has 0 aliphatic rings. The highest BCUT2D eigenvalue weighted by Gasteiger charge is 2.04. The van der Waals surface area contributed by atoms with Gasteiger partial charge in [0.05, 0.1) is 5.00 Å². The molecular weight excluding hydrogens is 209 g/mol. The Labute approximate surface area is 92.6 Å². The van der Waals surface area contributed by atoms with Crippen molar-refractivity contribution in [3.05, 3.63) is 41.7 Å². The highest BCUT2D eigenvalue weighted by atomic mass is 32.1. The fraction of sp³-hybridized carbons (Fsp3) is 0.167. The van der Waals surface area contributed by atoms with Crippen molar-refractivity contribution in [3.8, 4) is 10.4 Å². The van der Waals surface area contributed by atoms with Gasteiger partial charge in [0.2, 0.25) is 0 Å². The predicted octanol–water partition coefficient (Wildman–Crippen LogP) is 3.90. The quantitative estimate of drug-likeness (QED) is 0.810. The Bertz CT molecular complexity index is 476. The largest absolute Gasteiger partial charge is 0.380 e. The second-order valence-corrected chi connectivity index (χ2v) is 4.46. The summed E-state index contributed by atoms with van der Waals surface area (Å²) < 4.78 is 13.1. The van der Waals surface area contributed by atoms with Gasteiger partial charge >= 0.3 is 0 Å². The molecule has 0 aliphatic carbocycles. The van der Waals surface area contributed by atoms with Crippen LogP contribution in [-0.4, -0.2) is 7.05 Å². The normalized spacial score (nSPS) is 10.3. The van der Waals surface area contributed by atoms with Gasteiger partial charge in [-0.25, -0.2) is 4.39 Å². The van der Waals surface area contributed by atoms with E-state index in [-0.39, 0.29) is 5.82 Å². The third-order valence-electron chi connectivity index (χ3n) is 2.29. The number of aryl methyl sites for hydroxylation is 1. The molecule has 15 heavy (non-hydrogen) atoms. The summed E-state index contributed by atoms with van der Waals surface area (Å²) in [6.07, 6.45) is 0. The van der Waals surface area contributed by atoms with Crippen LogP contribution in [-0.2, 0) is 0 Å². The molecule has 1 heterocycles. The minimum atomic E-state index is -0.149. The van der Waals surface area contributed by atoms with E-state index >= 15 is 0 Å². The Kier molecular flexibility index (Phi) is 2.73. The van der Waals surface area contributed by atoms with Gasteiger partial charge < -0.3 is 5.32 Å². The molecule has 2 aromatic rings. The second kappa shape index (κ2) is 4.03. The van der Waals surface area contributed by atoms with E-state index in [1.165, 1.54) is 6.07 Å². The van der Waals surface area contributed by atoms with Crippen molar-refractivity contribution in [2.75, 3.05) is 12.4 Å². The van der Waals surface area contributed by atoms with E-state index in [0.717, 1.165) is 15.4 Å². The molecule has 1 aromatic carbocycles. The number of anilines is 1. The first kappa shape index (κ1) is 10.2. The maximum atomic E-state index is 13.1. The van der Waals surface area contributed by atoms with E-state index < -0.39 is 0 Å². The van der Waals surface area contributed by atoms with Crippen LogP contribution < -0.4 is 5.32 Å². The third kappa shape index (κ3) is 2.02. The molecule has 0 unspecified atom stereocenters. The number of nitrogens with one attached hydrogen (secondary N) is 1. The minimum absolute atomic E-state index is 0.149. The first-order chi connectivity index (χ1) is 7.20. The summed E-state index contributed by atoms with van der Waals surface area (Å²) in [5, 5.41) is 4.21. The molecule has 0 spiro atoms. The maximum absolute atomic E-state index is 13.1. The molecule has 0 fully saturated rings. The number of benzene rings is 1. The van der Waals surface area contributed by atoms with Gasteiger partial charge in [0.15, 0.2) is 0 Å². The lowest BCUT2D eigenvalue weighted by atomic mass is 10.1. The van der Waals surface area contributed by atoms with E-state index in [2.05, 4.69) is 5.32 Å². The van der Waals surface area contributed by atoms with Crippen LogP contribution in [0.2, 0.25) is 0 Å². The molecule has 0 saturated carbocycles. The van der Waals surface area contributed by atoms with Crippen LogP contribution in [0.4, 0.5) is 9.39 Å². The summed E-state index contributed by atoms with van der Waals surface area (Å²) in [7, 11) is 1.89. The summed E-state index contributed by atoms with van der Waals surface area (Å²) in [6.45, 7) is 1.78. The molecule has 0 saturated heterocycles. The van der Waals surface area contributed by atoms with Crippen LogP contribution in [0, 0.1) is 12.7 Å². The molecule has 3 heteroatoms. The van der Waals surface area contributed by atoms with Crippen molar-refractivity contribution in [2.45, 2.75) is 6.92 Å². The van der Waals surface area contributed by atoms with Crippen LogP contribution in [0.15, 0.2) is 30.3 Å². The van der Waals surface area contributed by atoms with Crippen LogP contribution in [0.1, 0.15) is 5.56 Å². The molecule has 0 atom stereocenters. The van der Waals surface area contributed by atoms with Gasteiger partial charge in [-0.2, -0.15) is 0 Å². The summed E-state index contributed by atoms with van der Waals surface area (Å²) in [6, 6.07) is 9.28. The fourth-order valence-electron chi connectivity index (χ4n) is 1.43. The average Bonchev–Trinajstić information content (AvgIpc) is 2.70. The zero-order valence-electron chi connectivity index (χ0n) is 8.67. The summed E-state index contributed by atoms with van der Waals surface area (Å²) >= 11 is 1.67. The number of rotatable bonds is 2. The van der Waals surface area contributed by atoms with E-state index in [4.69, 9.17) is 0 Å². The first-order valence-electron chi connectivity index (χ1n) is 4.75. The van der Waals surface area contributed by atoms with Crippen LogP contribution in [0.5, 0.6) is 0 Å². The SMILES string of the molecule is CNc1ccc(-c2ccc(F)c(C)c2)s1. The van der Waals surface area contributed by atoms with Crippen molar-refractivity contribution in [2.24, 2.45) is 0 Å². The molecule has 0 amide bonds. The summed E-state index contributed by atoms with van der Waals surface area (Å²) in [5.41, 5.74) is 1.76. The van der Waals surface area contributed by atoms with Gasteiger partial charge in [-0.05, 0) is 42.3 Å². The highest BCUT2D eigenvalue weighted by Crippen LogP contribution is 2.31. The van der Waals surface area contributed by atoms with E-state index in [1.807, 2.05) is 31.3 Å². The monoisotopic (exact) mass is 221 g/mol. The molecule has 1 nitrogen and oxygen atoms in total. The summed E-state index contributed by atoms with van der Waals surface area (Å²) in [5.74, 6) is -0.149. The van der Waals surface area contributed by atoms with Crippen molar-refractivity contribution in [1.29, 1.82) is 0 Å². The molecule has 0 bridgehead atoms. The second-order valence-electron chi connectivity index (χ2n) is 3.38. The lowest BCUT2D eigenvalue weighted by molar-refractivity contribution is 0.619. The Morgan fingerprint density at radius 1 is 1.20 bits per heavy atom. The van der Waals surface area contributed by atoms with Crippen LogP contribution in [0.25, 0.3) is 10.4 Å². The van der Waals surface area contributed by atoms with Gasteiger partial charge in [0.1, 0.15) is 5.82 Å². The highest BCUT2D eigenvalue weighted by molar-refractivity contribution is 7.19. The molecule has 1 aromatic heterocycles. The molecule has 78 valence electrons. The number of hydrogen-bond acceptors (Lipinski definition) is 2. The van der Waals surface area contributed by atoms with Gasteiger partial charge in [-0.15, -0.1) is 11.3 Å². The van der Waals surface area contributed by atoms with E-state index in [0.29, 0.717) is 5.56 Å². The smallest absolute Gasteiger partial charge is 0.126 e. The van der Waals surface area contributed by atoms with Crippen LogP contribution >= 0.6 is 11.3 Å². The topological polar surface area (TPSA) is 12.0 Å². The third-order valence-corrected chi connectivity index (χ3v) is 3.45. The Hall–Kier alpha value is -1.35. The lowest BCUT2D eigenvalue weighted by Gasteiger charge is -2.00. The van der Waals surface area contributed by atoms with Gasteiger partial charge in [-0.1, -0.05) is 6.07 Å². The number of hydrogen-bond donors (Lipinski definition) is 1. The van der Waals surface area contributed by atoms with E-state index in [9.17, 15) is 4.39 Å². The van der Waals surface area contributed by atoms with Gasteiger partial charge in [-0.3, -0.25) is 0 Å². The zero-order valence-corrected chi connectivity index (χ0v) is 9.49. The van der Waals surface area contributed by atoms with Crippen molar-refractivity contribution < 1.29 is 4.39 Å². The molecule has 0 radical (unpaired) electrons. The van der Waals surface area contributed by atoms with Crippen molar-refractivity contribution in [3.63, 3.8) is 0 Å². The fourth-order valence-corrected chi connectivity index (χ4v) is 2.28. The number of halogens is 1. The summed E-state index contributed by atoms with van der Waals surface area (Å²) in [4.78, 5) is 1.16. The molecular formula is C12H12FNS.